The normalized spacial score (nSPS) is 30.4. The quantitative estimate of drug-likeness (QED) is 0.331. The molecule has 0 saturated heterocycles. The summed E-state index contributed by atoms with van der Waals surface area (Å²) in [4.78, 5) is 37.7. The van der Waals surface area contributed by atoms with Gasteiger partial charge in [0.25, 0.3) is 0 Å². The van der Waals surface area contributed by atoms with E-state index in [4.69, 9.17) is 0 Å². The van der Waals surface area contributed by atoms with E-state index in [1.54, 1.807) is 0 Å². The third-order valence-corrected chi connectivity index (χ3v) is 9.88. The van der Waals surface area contributed by atoms with Crippen molar-refractivity contribution >= 4 is 17.6 Å². The Hall–Kier alpha value is -1.39. The second-order valence-electron chi connectivity index (χ2n) is 13.0. The molecule has 5 nitrogen and oxygen atoms in total. The summed E-state index contributed by atoms with van der Waals surface area (Å²) >= 11 is 0. The van der Waals surface area contributed by atoms with E-state index in [1.165, 1.54) is 64.2 Å². The number of ketones is 2. The van der Waals surface area contributed by atoms with Crippen LogP contribution >= 0.6 is 0 Å². The molecule has 0 atom stereocenters. The molecule has 5 heteroatoms. The molecule has 0 bridgehead atoms. The monoisotopic (exact) mass is 500 g/mol. The summed E-state index contributed by atoms with van der Waals surface area (Å²) < 4.78 is 0. The van der Waals surface area contributed by atoms with Gasteiger partial charge in [-0.05, 0) is 75.0 Å². The lowest BCUT2D eigenvalue weighted by Gasteiger charge is -2.32. The summed E-state index contributed by atoms with van der Waals surface area (Å²) in [6.07, 6.45) is 24.2. The van der Waals surface area contributed by atoms with E-state index >= 15 is 0 Å². The maximum absolute atomic E-state index is 12.6. The van der Waals surface area contributed by atoms with Crippen molar-refractivity contribution in [1.29, 1.82) is 0 Å². The highest BCUT2D eigenvalue weighted by Crippen LogP contribution is 2.32. The first kappa shape index (κ1) is 27.6. The van der Waals surface area contributed by atoms with Gasteiger partial charge >= 0.3 is 6.03 Å². The minimum absolute atomic E-state index is 0.0244. The lowest BCUT2D eigenvalue weighted by Crippen LogP contribution is -2.48. The van der Waals surface area contributed by atoms with Crippen molar-refractivity contribution in [2.75, 3.05) is 0 Å². The number of hydrogen-bond donors (Lipinski definition) is 2. The van der Waals surface area contributed by atoms with Crippen LogP contribution in [-0.2, 0) is 9.59 Å². The van der Waals surface area contributed by atoms with Crippen LogP contribution in [0.3, 0.4) is 0 Å². The van der Waals surface area contributed by atoms with Crippen LogP contribution in [0.2, 0.25) is 0 Å². The highest BCUT2D eigenvalue weighted by Gasteiger charge is 2.28. The average Bonchev–Trinajstić information content (AvgIpc) is 2.87. The molecule has 0 aliphatic heterocycles. The highest BCUT2D eigenvalue weighted by molar-refractivity contribution is 5.79. The minimum Gasteiger partial charge on any atom is -0.335 e. The van der Waals surface area contributed by atoms with E-state index in [9.17, 15) is 14.4 Å². The smallest absolute Gasteiger partial charge is 0.315 e. The first-order valence-electron chi connectivity index (χ1n) is 15.6. The first-order valence-corrected chi connectivity index (χ1v) is 15.6. The van der Waals surface area contributed by atoms with E-state index in [2.05, 4.69) is 10.6 Å². The fourth-order valence-corrected chi connectivity index (χ4v) is 7.67. The van der Waals surface area contributed by atoms with Gasteiger partial charge in [-0.1, -0.05) is 64.2 Å². The lowest BCUT2D eigenvalue weighted by atomic mass is 9.80. The molecule has 4 saturated carbocycles. The van der Waals surface area contributed by atoms with Gasteiger partial charge in [0.1, 0.15) is 11.6 Å². The Morgan fingerprint density at radius 3 is 1.06 bits per heavy atom. The Balaban J connectivity index is 1.05. The minimum atomic E-state index is -0.0244. The molecule has 4 aliphatic rings. The molecule has 0 aromatic carbocycles. The molecule has 0 spiro atoms. The molecule has 0 aromatic rings. The maximum Gasteiger partial charge on any atom is 0.315 e. The third-order valence-electron chi connectivity index (χ3n) is 9.88. The van der Waals surface area contributed by atoms with Crippen molar-refractivity contribution in [2.45, 2.75) is 153 Å². The van der Waals surface area contributed by atoms with Crippen LogP contribution in [0.1, 0.15) is 141 Å². The van der Waals surface area contributed by atoms with E-state index in [-0.39, 0.29) is 18.1 Å². The number of hydrogen-bond acceptors (Lipinski definition) is 3. The number of amides is 2. The number of Topliss-reactive ketones (excluding diaryl/α,β-unsaturated/α-hetero) is 2. The molecule has 36 heavy (non-hydrogen) atoms. The van der Waals surface area contributed by atoms with Gasteiger partial charge in [0.05, 0.1) is 0 Å². The molecule has 4 aliphatic carbocycles. The fourth-order valence-electron chi connectivity index (χ4n) is 7.67. The number of urea groups is 1. The van der Waals surface area contributed by atoms with E-state index < -0.39 is 0 Å². The van der Waals surface area contributed by atoms with Crippen LogP contribution in [0.4, 0.5) is 4.79 Å². The van der Waals surface area contributed by atoms with Crippen LogP contribution in [0.25, 0.3) is 0 Å². The molecule has 4 rings (SSSR count). The van der Waals surface area contributed by atoms with Crippen LogP contribution < -0.4 is 10.6 Å². The van der Waals surface area contributed by atoms with Gasteiger partial charge in [0.15, 0.2) is 0 Å². The van der Waals surface area contributed by atoms with Crippen LogP contribution in [-0.4, -0.2) is 29.7 Å². The summed E-state index contributed by atoms with van der Waals surface area (Å²) in [5, 5.41) is 6.41. The van der Waals surface area contributed by atoms with Crippen LogP contribution in [0.15, 0.2) is 0 Å². The van der Waals surface area contributed by atoms with E-state index in [0.29, 0.717) is 35.2 Å². The molecule has 0 radical (unpaired) electrons. The highest BCUT2D eigenvalue weighted by atomic mass is 16.2. The molecule has 2 amide bonds. The van der Waals surface area contributed by atoms with E-state index in [1.807, 2.05) is 0 Å². The molecule has 0 heterocycles. The standard InChI is InChI=1S/C31H52N2O3/c34-29(19-23-7-3-1-4-8-23)21-25-11-15-27(16-12-25)32-31(36)33-28-17-13-26(14-18-28)22-30(35)20-24-9-5-2-6-10-24/h23-28H,1-22H2,(H2,32,33,36). The second kappa shape index (κ2) is 14.5. The van der Waals surface area contributed by atoms with Crippen molar-refractivity contribution in [3.05, 3.63) is 0 Å². The number of rotatable bonds is 10. The zero-order chi connectivity index (χ0) is 25.2. The number of carbonyl (C=O) groups excluding carboxylic acids is 3. The van der Waals surface area contributed by atoms with Crippen molar-refractivity contribution < 1.29 is 14.4 Å². The van der Waals surface area contributed by atoms with Gasteiger partial charge in [-0.2, -0.15) is 0 Å². The van der Waals surface area contributed by atoms with Gasteiger partial charge in [0, 0.05) is 37.8 Å². The van der Waals surface area contributed by atoms with Crippen LogP contribution in [0.5, 0.6) is 0 Å². The zero-order valence-electron chi connectivity index (χ0n) is 22.7. The second-order valence-corrected chi connectivity index (χ2v) is 13.0. The Morgan fingerprint density at radius 1 is 0.417 bits per heavy atom. The van der Waals surface area contributed by atoms with Gasteiger partial charge in [-0.15, -0.1) is 0 Å². The molecule has 0 aromatic heterocycles. The fraction of sp³-hybridized carbons (Fsp3) is 0.903. The maximum atomic E-state index is 12.6. The molecule has 204 valence electrons. The van der Waals surface area contributed by atoms with E-state index in [0.717, 1.165) is 77.0 Å². The molecular weight excluding hydrogens is 448 g/mol. The predicted octanol–water partition coefficient (Wildman–Crippen LogP) is 7.26. The topological polar surface area (TPSA) is 75.3 Å². The summed E-state index contributed by atoms with van der Waals surface area (Å²) in [7, 11) is 0. The Kier molecular flexibility index (Phi) is 11.1. The molecular formula is C31H52N2O3. The Morgan fingerprint density at radius 2 is 0.722 bits per heavy atom. The predicted molar refractivity (Wildman–Crippen MR) is 145 cm³/mol. The molecule has 2 N–H and O–H groups in total. The van der Waals surface area contributed by atoms with Crippen molar-refractivity contribution in [3.8, 4) is 0 Å². The van der Waals surface area contributed by atoms with Gasteiger partial charge in [0.2, 0.25) is 0 Å². The van der Waals surface area contributed by atoms with Crippen molar-refractivity contribution in [3.63, 3.8) is 0 Å². The summed E-state index contributed by atoms with van der Waals surface area (Å²) in [6.45, 7) is 0. The van der Waals surface area contributed by atoms with Gasteiger partial charge < -0.3 is 10.6 Å². The summed E-state index contributed by atoms with van der Waals surface area (Å²) in [5.74, 6) is 3.26. The molecule has 4 fully saturated rings. The lowest BCUT2D eigenvalue weighted by molar-refractivity contribution is -0.122. The SMILES string of the molecule is O=C(CC1CCCCC1)CC1CCC(NC(=O)NC2CCC(CC(=O)CC3CCCCC3)CC2)CC1. The molecule has 0 unspecified atom stereocenters. The first-order chi connectivity index (χ1) is 17.5. The van der Waals surface area contributed by atoms with Crippen molar-refractivity contribution in [1.82, 2.24) is 10.6 Å². The van der Waals surface area contributed by atoms with Gasteiger partial charge in [-0.3, -0.25) is 9.59 Å². The Labute approximate surface area is 219 Å². The average molecular weight is 501 g/mol. The number of nitrogens with one attached hydrogen (secondary N) is 2. The summed E-state index contributed by atoms with van der Waals surface area (Å²) in [6, 6.07) is 0.454. The van der Waals surface area contributed by atoms with Crippen LogP contribution in [0, 0.1) is 23.7 Å². The number of carbonyl (C=O) groups is 3. The largest absolute Gasteiger partial charge is 0.335 e. The van der Waals surface area contributed by atoms with Gasteiger partial charge in [-0.25, -0.2) is 4.79 Å². The summed E-state index contributed by atoms with van der Waals surface area (Å²) in [5.41, 5.74) is 0. The Bertz CT molecular complexity index is 637. The zero-order valence-corrected chi connectivity index (χ0v) is 22.7. The third kappa shape index (κ3) is 9.49. The van der Waals surface area contributed by atoms with Crippen molar-refractivity contribution in [2.24, 2.45) is 23.7 Å².